The molecule has 0 fully saturated rings. The lowest BCUT2D eigenvalue weighted by Gasteiger charge is -2.07. The van der Waals surface area contributed by atoms with Gasteiger partial charge in [0.1, 0.15) is 0 Å². The molecular formula is C14H16BrN3O. The van der Waals surface area contributed by atoms with E-state index in [-0.39, 0.29) is 5.91 Å². The number of anilines is 1. The molecule has 19 heavy (non-hydrogen) atoms. The first-order valence-corrected chi connectivity index (χ1v) is 6.77. The van der Waals surface area contributed by atoms with E-state index in [1.54, 1.807) is 10.7 Å². The molecule has 0 atom stereocenters. The Bertz CT molecular complexity index is 646. The Morgan fingerprint density at radius 2 is 2.00 bits per heavy atom. The SMILES string of the molecule is Cc1cc(C(=O)Nc2c(C)nn(C)c2C)ccc1Br. The van der Waals surface area contributed by atoms with Gasteiger partial charge in [-0.3, -0.25) is 9.48 Å². The van der Waals surface area contributed by atoms with Crippen molar-refractivity contribution >= 4 is 27.5 Å². The van der Waals surface area contributed by atoms with E-state index < -0.39 is 0 Å². The molecular weight excluding hydrogens is 306 g/mol. The van der Waals surface area contributed by atoms with E-state index in [2.05, 4.69) is 26.3 Å². The number of amides is 1. The third-order valence-electron chi connectivity index (χ3n) is 3.17. The molecule has 1 aromatic heterocycles. The van der Waals surface area contributed by atoms with E-state index >= 15 is 0 Å². The second-order valence-corrected chi connectivity index (χ2v) is 5.44. The van der Waals surface area contributed by atoms with Crippen LogP contribution in [0.5, 0.6) is 0 Å². The zero-order valence-corrected chi connectivity index (χ0v) is 13.0. The van der Waals surface area contributed by atoms with Crippen LogP contribution < -0.4 is 5.32 Å². The van der Waals surface area contributed by atoms with Gasteiger partial charge in [0.05, 0.1) is 17.1 Å². The summed E-state index contributed by atoms with van der Waals surface area (Å²) in [6.45, 7) is 5.78. The summed E-state index contributed by atoms with van der Waals surface area (Å²) in [7, 11) is 1.86. The van der Waals surface area contributed by atoms with Crippen LogP contribution >= 0.6 is 15.9 Å². The number of hydrogen-bond donors (Lipinski definition) is 1. The summed E-state index contributed by atoms with van der Waals surface area (Å²) in [4.78, 5) is 12.2. The monoisotopic (exact) mass is 321 g/mol. The first kappa shape index (κ1) is 13.8. The molecule has 0 aliphatic rings. The quantitative estimate of drug-likeness (QED) is 0.921. The van der Waals surface area contributed by atoms with E-state index in [4.69, 9.17) is 0 Å². The predicted octanol–water partition coefficient (Wildman–Crippen LogP) is 3.36. The average molecular weight is 322 g/mol. The van der Waals surface area contributed by atoms with Gasteiger partial charge in [-0.1, -0.05) is 15.9 Å². The van der Waals surface area contributed by atoms with Gasteiger partial charge in [0.2, 0.25) is 0 Å². The van der Waals surface area contributed by atoms with Gasteiger partial charge in [-0.15, -0.1) is 0 Å². The molecule has 0 aliphatic carbocycles. The number of halogens is 1. The van der Waals surface area contributed by atoms with E-state index in [0.29, 0.717) is 5.56 Å². The number of aryl methyl sites for hydroxylation is 3. The Hall–Kier alpha value is -1.62. The van der Waals surface area contributed by atoms with Gasteiger partial charge in [-0.25, -0.2) is 0 Å². The van der Waals surface area contributed by atoms with Crippen molar-refractivity contribution < 1.29 is 4.79 Å². The van der Waals surface area contributed by atoms with E-state index in [0.717, 1.165) is 27.1 Å². The average Bonchev–Trinajstić information content (AvgIpc) is 2.59. The number of hydrogen-bond acceptors (Lipinski definition) is 2. The van der Waals surface area contributed by atoms with Crippen LogP contribution in [0.2, 0.25) is 0 Å². The Labute approximate surface area is 120 Å². The number of rotatable bonds is 2. The zero-order chi connectivity index (χ0) is 14.2. The number of carbonyl (C=O) groups excluding carboxylic acids is 1. The van der Waals surface area contributed by atoms with Crippen LogP contribution in [0.15, 0.2) is 22.7 Å². The Kier molecular flexibility index (Phi) is 3.75. The fourth-order valence-corrected chi connectivity index (χ4v) is 2.17. The molecule has 4 nitrogen and oxygen atoms in total. The molecule has 0 bridgehead atoms. The summed E-state index contributed by atoms with van der Waals surface area (Å²) in [5.74, 6) is -0.116. The summed E-state index contributed by atoms with van der Waals surface area (Å²) in [5.41, 5.74) is 4.23. The minimum atomic E-state index is -0.116. The minimum absolute atomic E-state index is 0.116. The van der Waals surface area contributed by atoms with Gasteiger partial charge in [-0.05, 0) is 44.5 Å². The van der Waals surface area contributed by atoms with Crippen molar-refractivity contribution in [3.05, 3.63) is 45.2 Å². The third-order valence-corrected chi connectivity index (χ3v) is 4.06. The van der Waals surface area contributed by atoms with Crippen molar-refractivity contribution in [2.45, 2.75) is 20.8 Å². The molecule has 1 N–H and O–H groups in total. The Morgan fingerprint density at radius 3 is 2.53 bits per heavy atom. The van der Waals surface area contributed by atoms with Crippen molar-refractivity contribution in [1.82, 2.24) is 9.78 Å². The van der Waals surface area contributed by atoms with Crippen LogP contribution in [-0.2, 0) is 7.05 Å². The molecule has 100 valence electrons. The van der Waals surface area contributed by atoms with Crippen LogP contribution in [0.25, 0.3) is 0 Å². The first-order chi connectivity index (χ1) is 8.90. The van der Waals surface area contributed by atoms with Crippen LogP contribution in [0.1, 0.15) is 27.3 Å². The molecule has 2 rings (SSSR count). The van der Waals surface area contributed by atoms with Gasteiger partial charge in [0.25, 0.3) is 5.91 Å². The number of nitrogens with one attached hydrogen (secondary N) is 1. The standard InChI is InChI=1S/C14H16BrN3O/c1-8-7-11(5-6-12(8)15)14(19)16-13-9(2)17-18(4)10(13)3/h5-7H,1-4H3,(H,16,19). The van der Waals surface area contributed by atoms with Crippen molar-refractivity contribution in [1.29, 1.82) is 0 Å². The lowest BCUT2D eigenvalue weighted by molar-refractivity contribution is 0.102. The van der Waals surface area contributed by atoms with Crippen LogP contribution in [-0.4, -0.2) is 15.7 Å². The molecule has 0 saturated heterocycles. The van der Waals surface area contributed by atoms with E-state index in [9.17, 15) is 4.79 Å². The summed E-state index contributed by atoms with van der Waals surface area (Å²) >= 11 is 3.43. The highest BCUT2D eigenvalue weighted by Gasteiger charge is 2.14. The van der Waals surface area contributed by atoms with Gasteiger partial charge >= 0.3 is 0 Å². The lowest BCUT2D eigenvalue weighted by atomic mass is 10.1. The molecule has 2 aromatic rings. The van der Waals surface area contributed by atoms with Gasteiger partial charge in [0, 0.05) is 17.1 Å². The molecule has 0 spiro atoms. The lowest BCUT2D eigenvalue weighted by Crippen LogP contribution is -2.13. The zero-order valence-electron chi connectivity index (χ0n) is 11.4. The Balaban J connectivity index is 2.28. The molecule has 0 unspecified atom stereocenters. The normalized spacial score (nSPS) is 10.6. The molecule has 1 heterocycles. The maximum absolute atomic E-state index is 12.2. The van der Waals surface area contributed by atoms with Crippen molar-refractivity contribution in [3.63, 3.8) is 0 Å². The largest absolute Gasteiger partial charge is 0.319 e. The third kappa shape index (κ3) is 2.71. The maximum Gasteiger partial charge on any atom is 0.255 e. The highest BCUT2D eigenvalue weighted by Crippen LogP contribution is 2.21. The smallest absolute Gasteiger partial charge is 0.255 e. The highest BCUT2D eigenvalue weighted by molar-refractivity contribution is 9.10. The predicted molar refractivity (Wildman–Crippen MR) is 79.5 cm³/mol. The molecule has 0 radical (unpaired) electrons. The van der Waals surface area contributed by atoms with Gasteiger partial charge < -0.3 is 5.32 Å². The summed E-state index contributed by atoms with van der Waals surface area (Å²) in [6, 6.07) is 5.54. The summed E-state index contributed by atoms with van der Waals surface area (Å²) in [6.07, 6.45) is 0. The van der Waals surface area contributed by atoms with Crippen molar-refractivity contribution in [2.24, 2.45) is 7.05 Å². The first-order valence-electron chi connectivity index (χ1n) is 5.98. The molecule has 5 heteroatoms. The number of benzene rings is 1. The minimum Gasteiger partial charge on any atom is -0.319 e. The highest BCUT2D eigenvalue weighted by atomic mass is 79.9. The van der Waals surface area contributed by atoms with Crippen LogP contribution in [0, 0.1) is 20.8 Å². The van der Waals surface area contributed by atoms with E-state index in [1.807, 2.05) is 40.0 Å². The van der Waals surface area contributed by atoms with E-state index in [1.165, 1.54) is 0 Å². The summed E-state index contributed by atoms with van der Waals surface area (Å²) < 4.78 is 2.76. The molecule has 0 saturated carbocycles. The van der Waals surface area contributed by atoms with Crippen molar-refractivity contribution in [3.8, 4) is 0 Å². The molecule has 0 aliphatic heterocycles. The summed E-state index contributed by atoms with van der Waals surface area (Å²) in [5, 5.41) is 7.21. The molecule has 1 amide bonds. The van der Waals surface area contributed by atoms with Crippen LogP contribution in [0.3, 0.4) is 0 Å². The Morgan fingerprint density at radius 1 is 1.32 bits per heavy atom. The van der Waals surface area contributed by atoms with Gasteiger partial charge in [0.15, 0.2) is 0 Å². The molecule has 1 aromatic carbocycles. The topological polar surface area (TPSA) is 46.9 Å². The number of aromatic nitrogens is 2. The second-order valence-electron chi connectivity index (χ2n) is 4.59. The van der Waals surface area contributed by atoms with Crippen molar-refractivity contribution in [2.75, 3.05) is 5.32 Å². The van der Waals surface area contributed by atoms with Gasteiger partial charge in [-0.2, -0.15) is 5.10 Å². The fourth-order valence-electron chi connectivity index (χ4n) is 1.93. The van der Waals surface area contributed by atoms with Crippen LogP contribution in [0.4, 0.5) is 5.69 Å². The number of carbonyl (C=O) groups is 1. The maximum atomic E-state index is 12.2. The number of nitrogens with zero attached hydrogens (tertiary/aromatic N) is 2. The fraction of sp³-hybridized carbons (Fsp3) is 0.286. The second kappa shape index (κ2) is 5.17.